The molecule has 0 aromatic carbocycles. The lowest BCUT2D eigenvalue weighted by Gasteiger charge is -2.30. The second-order valence-electron chi connectivity index (χ2n) is 6.04. The Morgan fingerprint density at radius 2 is 2.11 bits per heavy atom. The van der Waals surface area contributed by atoms with E-state index in [9.17, 15) is 4.79 Å². The molecule has 0 radical (unpaired) electrons. The Bertz CT molecular complexity index is 284. The molecule has 0 aromatic rings. The molecule has 2 aliphatic rings. The molecule has 1 aliphatic heterocycles. The number of rotatable bonds is 6. The molecule has 1 heterocycles. The van der Waals surface area contributed by atoms with E-state index in [2.05, 4.69) is 18.7 Å². The molecule has 4 heteroatoms. The maximum atomic E-state index is 12.6. The Hall–Kier alpha value is -0.610. The monoisotopic (exact) mass is 254 g/mol. The Morgan fingerprint density at radius 3 is 2.56 bits per heavy atom. The van der Waals surface area contributed by atoms with E-state index in [0.717, 1.165) is 39.0 Å². The van der Waals surface area contributed by atoms with E-state index in [-0.39, 0.29) is 11.8 Å². The van der Waals surface area contributed by atoms with Crippen molar-refractivity contribution in [3.63, 3.8) is 0 Å². The lowest BCUT2D eigenvalue weighted by atomic mass is 9.94. The van der Waals surface area contributed by atoms with E-state index in [1.54, 1.807) is 0 Å². The lowest BCUT2D eigenvalue weighted by molar-refractivity contribution is -0.137. The number of nitrogens with two attached hydrogens (primary N) is 1. The third-order valence-corrected chi connectivity index (χ3v) is 4.13. The number of hydrogen-bond acceptors (Lipinski definition) is 3. The molecule has 4 nitrogen and oxygen atoms in total. The number of ether oxygens (including phenoxy) is 1. The average molecular weight is 254 g/mol. The van der Waals surface area contributed by atoms with Crippen molar-refractivity contribution >= 4 is 5.91 Å². The van der Waals surface area contributed by atoms with Gasteiger partial charge in [0.15, 0.2) is 0 Å². The van der Waals surface area contributed by atoms with E-state index < -0.39 is 0 Å². The van der Waals surface area contributed by atoms with Gasteiger partial charge in [-0.3, -0.25) is 4.79 Å². The highest BCUT2D eigenvalue weighted by Crippen LogP contribution is 2.31. The van der Waals surface area contributed by atoms with Gasteiger partial charge in [0.05, 0.1) is 12.5 Å². The van der Waals surface area contributed by atoms with Gasteiger partial charge in [0.2, 0.25) is 5.91 Å². The molecule has 1 saturated carbocycles. The minimum Gasteiger partial charge on any atom is -0.381 e. The molecule has 0 aromatic heterocycles. The topological polar surface area (TPSA) is 55.6 Å². The van der Waals surface area contributed by atoms with Crippen LogP contribution in [0, 0.1) is 17.8 Å². The molecular weight excluding hydrogens is 228 g/mol. The number of amides is 1. The molecular formula is C14H26N2O2. The third-order valence-electron chi connectivity index (χ3n) is 4.13. The van der Waals surface area contributed by atoms with Gasteiger partial charge in [0.25, 0.3) is 0 Å². The van der Waals surface area contributed by atoms with Crippen molar-refractivity contribution in [1.29, 1.82) is 0 Å². The summed E-state index contributed by atoms with van der Waals surface area (Å²) in [7, 11) is 0. The van der Waals surface area contributed by atoms with Crippen LogP contribution in [0.2, 0.25) is 0 Å². The molecule has 2 N–H and O–H groups in total. The summed E-state index contributed by atoms with van der Waals surface area (Å²) in [5.41, 5.74) is 5.77. The normalized spacial score (nSPS) is 25.4. The van der Waals surface area contributed by atoms with Gasteiger partial charge in [-0.2, -0.15) is 0 Å². The Labute approximate surface area is 110 Å². The summed E-state index contributed by atoms with van der Waals surface area (Å²) in [6.45, 7) is 7.15. The van der Waals surface area contributed by atoms with Crippen LogP contribution in [-0.4, -0.2) is 43.2 Å². The Kier molecular flexibility index (Phi) is 4.62. The summed E-state index contributed by atoms with van der Waals surface area (Å²) in [4.78, 5) is 14.7. The van der Waals surface area contributed by atoms with Crippen LogP contribution in [0.4, 0.5) is 0 Å². The highest BCUT2D eigenvalue weighted by molar-refractivity contribution is 5.80. The molecule has 2 rings (SSSR count). The number of nitrogens with zero attached hydrogens (tertiary/aromatic N) is 1. The predicted octanol–water partition coefficient (Wildman–Crippen LogP) is 1.24. The van der Waals surface area contributed by atoms with Crippen molar-refractivity contribution in [3.05, 3.63) is 0 Å². The van der Waals surface area contributed by atoms with E-state index in [1.165, 1.54) is 0 Å². The molecule has 2 atom stereocenters. The molecule has 1 amide bonds. The molecule has 104 valence electrons. The average Bonchev–Trinajstić information content (AvgIpc) is 3.03. The lowest BCUT2D eigenvalue weighted by Crippen LogP contribution is -2.44. The molecule has 1 aliphatic carbocycles. The zero-order valence-corrected chi connectivity index (χ0v) is 11.6. The molecule has 18 heavy (non-hydrogen) atoms. The van der Waals surface area contributed by atoms with Gasteiger partial charge in [0.1, 0.15) is 0 Å². The summed E-state index contributed by atoms with van der Waals surface area (Å²) >= 11 is 0. The van der Waals surface area contributed by atoms with Crippen molar-refractivity contribution in [2.24, 2.45) is 23.5 Å². The van der Waals surface area contributed by atoms with Crippen LogP contribution in [0.15, 0.2) is 0 Å². The number of carbonyl (C=O) groups is 1. The zero-order valence-electron chi connectivity index (χ0n) is 11.6. The van der Waals surface area contributed by atoms with Crippen LogP contribution in [0.3, 0.4) is 0 Å². The molecule has 1 saturated heterocycles. The van der Waals surface area contributed by atoms with Crippen LogP contribution in [-0.2, 0) is 9.53 Å². The van der Waals surface area contributed by atoms with E-state index >= 15 is 0 Å². The second kappa shape index (κ2) is 6.02. The summed E-state index contributed by atoms with van der Waals surface area (Å²) in [6.07, 6.45) is 3.41. The maximum Gasteiger partial charge on any atom is 0.227 e. The van der Waals surface area contributed by atoms with Crippen LogP contribution >= 0.6 is 0 Å². The SMILES string of the molecule is CC(C)C(CN)C(=O)N(CC1CCOC1)C1CC1. The number of carbonyl (C=O) groups excluding carboxylic acids is 1. The van der Waals surface area contributed by atoms with Gasteiger partial charge in [-0.1, -0.05) is 13.8 Å². The van der Waals surface area contributed by atoms with Crippen LogP contribution < -0.4 is 5.73 Å². The molecule has 2 fully saturated rings. The van der Waals surface area contributed by atoms with Crippen molar-refractivity contribution in [2.75, 3.05) is 26.3 Å². The minimum absolute atomic E-state index is 0.0204. The number of hydrogen-bond donors (Lipinski definition) is 1. The summed E-state index contributed by atoms with van der Waals surface area (Å²) in [5, 5.41) is 0. The van der Waals surface area contributed by atoms with Crippen LogP contribution in [0.5, 0.6) is 0 Å². The minimum atomic E-state index is -0.0204. The fourth-order valence-electron chi connectivity index (χ4n) is 2.68. The van der Waals surface area contributed by atoms with Crippen molar-refractivity contribution in [3.8, 4) is 0 Å². The van der Waals surface area contributed by atoms with Crippen LogP contribution in [0.25, 0.3) is 0 Å². The Balaban J connectivity index is 1.97. The first-order chi connectivity index (χ1) is 8.63. The van der Waals surface area contributed by atoms with E-state index in [0.29, 0.717) is 24.4 Å². The van der Waals surface area contributed by atoms with Gasteiger partial charge < -0.3 is 15.4 Å². The third kappa shape index (κ3) is 3.23. The fourth-order valence-corrected chi connectivity index (χ4v) is 2.68. The summed E-state index contributed by atoms with van der Waals surface area (Å²) in [5.74, 6) is 1.10. The molecule has 2 unspecified atom stereocenters. The van der Waals surface area contributed by atoms with Gasteiger partial charge in [0, 0.05) is 31.7 Å². The van der Waals surface area contributed by atoms with Gasteiger partial charge in [-0.05, 0) is 25.2 Å². The van der Waals surface area contributed by atoms with Gasteiger partial charge >= 0.3 is 0 Å². The van der Waals surface area contributed by atoms with E-state index in [1.807, 2.05) is 0 Å². The van der Waals surface area contributed by atoms with E-state index in [4.69, 9.17) is 10.5 Å². The fraction of sp³-hybridized carbons (Fsp3) is 0.929. The van der Waals surface area contributed by atoms with Crippen molar-refractivity contribution in [2.45, 2.75) is 39.2 Å². The standard InChI is InChI=1S/C14H26N2O2/c1-10(2)13(7-15)14(17)16(12-3-4-12)8-11-5-6-18-9-11/h10-13H,3-9,15H2,1-2H3. The molecule has 0 bridgehead atoms. The van der Waals surface area contributed by atoms with Crippen LogP contribution in [0.1, 0.15) is 33.1 Å². The first-order valence-electron chi connectivity index (χ1n) is 7.21. The zero-order chi connectivity index (χ0) is 13.1. The van der Waals surface area contributed by atoms with Crippen molar-refractivity contribution < 1.29 is 9.53 Å². The maximum absolute atomic E-state index is 12.6. The predicted molar refractivity (Wildman–Crippen MR) is 71.0 cm³/mol. The smallest absolute Gasteiger partial charge is 0.227 e. The second-order valence-corrected chi connectivity index (χ2v) is 6.04. The highest BCUT2D eigenvalue weighted by atomic mass is 16.5. The van der Waals surface area contributed by atoms with Gasteiger partial charge in [-0.25, -0.2) is 0 Å². The first kappa shape index (κ1) is 13.8. The largest absolute Gasteiger partial charge is 0.381 e. The Morgan fingerprint density at radius 1 is 1.39 bits per heavy atom. The first-order valence-corrected chi connectivity index (χ1v) is 7.21. The summed E-state index contributed by atoms with van der Waals surface area (Å²) < 4.78 is 5.41. The van der Waals surface area contributed by atoms with Gasteiger partial charge in [-0.15, -0.1) is 0 Å². The summed E-state index contributed by atoms with van der Waals surface area (Å²) in [6, 6.07) is 0.478. The van der Waals surface area contributed by atoms with Crippen molar-refractivity contribution in [1.82, 2.24) is 4.90 Å². The quantitative estimate of drug-likeness (QED) is 0.776. The molecule has 0 spiro atoms. The highest BCUT2D eigenvalue weighted by Gasteiger charge is 2.37.